The van der Waals surface area contributed by atoms with E-state index in [-0.39, 0.29) is 27.7 Å². The third kappa shape index (κ3) is 5.34. The minimum atomic E-state index is -1.65. The lowest BCUT2D eigenvalue weighted by Crippen LogP contribution is -2.62. The summed E-state index contributed by atoms with van der Waals surface area (Å²) in [4.78, 5) is 0. The van der Waals surface area contributed by atoms with Gasteiger partial charge >= 0.3 is 0 Å². The van der Waals surface area contributed by atoms with Crippen molar-refractivity contribution in [3.05, 3.63) is 53.1 Å². The minimum Gasteiger partial charge on any atom is -0.494 e. The zero-order chi connectivity index (χ0) is 25.0. The van der Waals surface area contributed by atoms with Gasteiger partial charge in [0.2, 0.25) is 5.69 Å². The molecule has 0 saturated carbocycles. The van der Waals surface area contributed by atoms with Crippen molar-refractivity contribution in [3.63, 3.8) is 0 Å². The van der Waals surface area contributed by atoms with E-state index in [1.807, 2.05) is 6.07 Å². The molecule has 14 heteroatoms. The maximum Gasteiger partial charge on any atom is 0.204 e. The van der Waals surface area contributed by atoms with E-state index in [9.17, 15) is 28.5 Å². The van der Waals surface area contributed by atoms with Gasteiger partial charge < -0.3 is 35.8 Å². The van der Waals surface area contributed by atoms with Crippen molar-refractivity contribution in [2.75, 3.05) is 13.7 Å². The molecular formula is C20H20F3N5O5S. The van der Waals surface area contributed by atoms with E-state index in [0.717, 1.165) is 18.0 Å². The second-order valence-electron chi connectivity index (χ2n) is 7.08. The number of nitrogens with zero attached hydrogens (tertiary/aromatic N) is 3. The van der Waals surface area contributed by atoms with Gasteiger partial charge in [0.05, 0.1) is 25.5 Å². The van der Waals surface area contributed by atoms with Crippen LogP contribution in [-0.4, -0.2) is 69.0 Å². The van der Waals surface area contributed by atoms with Crippen LogP contribution in [0.3, 0.4) is 0 Å². The van der Waals surface area contributed by atoms with Gasteiger partial charge in [-0.3, -0.25) is 0 Å². The Morgan fingerprint density at radius 3 is 2.53 bits per heavy atom. The summed E-state index contributed by atoms with van der Waals surface area (Å²) < 4.78 is 50.8. The summed E-state index contributed by atoms with van der Waals surface area (Å²) in [5, 5.41) is 50.4. The molecule has 1 fully saturated rings. The molecule has 1 aromatic heterocycles. The fourth-order valence-corrected chi connectivity index (χ4v) is 4.15. The molecule has 2 heterocycles. The molecule has 0 bridgehead atoms. The first-order valence-electron chi connectivity index (χ1n) is 9.67. The van der Waals surface area contributed by atoms with Crippen molar-refractivity contribution < 1.29 is 38.0 Å². The summed E-state index contributed by atoms with van der Waals surface area (Å²) in [5.41, 5.74) is 4.31. The molecule has 1 aliphatic heterocycles. The lowest BCUT2D eigenvalue weighted by Gasteiger charge is -2.42. The molecule has 0 spiro atoms. The van der Waals surface area contributed by atoms with E-state index in [2.05, 4.69) is 15.5 Å². The number of benzene rings is 1. The van der Waals surface area contributed by atoms with Crippen molar-refractivity contribution >= 4 is 17.5 Å². The van der Waals surface area contributed by atoms with Crippen LogP contribution in [0.2, 0.25) is 0 Å². The quantitative estimate of drug-likeness (QED) is 0.331. The van der Waals surface area contributed by atoms with E-state index in [0.29, 0.717) is 12.1 Å². The maximum absolute atomic E-state index is 13.5. The number of aliphatic hydroxyl groups is 3. The summed E-state index contributed by atoms with van der Waals surface area (Å²) in [6.07, 6.45) is -2.86. The molecule has 1 aliphatic rings. The van der Waals surface area contributed by atoms with Gasteiger partial charge in [0.15, 0.2) is 23.2 Å². The third-order valence-corrected chi connectivity index (χ3v) is 6.00. The van der Waals surface area contributed by atoms with Crippen molar-refractivity contribution in [1.82, 2.24) is 15.5 Å². The molecule has 0 amide bonds. The molecule has 2 aromatic rings. The fraction of sp³-hybridized carbons (Fsp3) is 0.350. The predicted octanol–water partition coefficient (Wildman–Crippen LogP) is 0.221. The number of rotatable bonds is 7. The first-order valence-corrected chi connectivity index (χ1v) is 10.6. The number of thioether (sulfide) groups is 1. The SMILES string of the molecule is COc1cc(SC2OC(CO)C(O)C(N/C=C(\N)c3cc(F)c(F)c(F)c3)C2O)nnc1C#N. The molecule has 182 valence electrons. The Labute approximate surface area is 195 Å². The molecule has 1 aromatic carbocycles. The van der Waals surface area contributed by atoms with E-state index < -0.39 is 53.8 Å². The van der Waals surface area contributed by atoms with Crippen LogP contribution in [0.4, 0.5) is 13.2 Å². The van der Waals surface area contributed by atoms with Gasteiger partial charge in [-0.05, 0) is 12.1 Å². The third-order valence-electron chi connectivity index (χ3n) is 4.93. The van der Waals surface area contributed by atoms with E-state index in [4.69, 9.17) is 20.5 Å². The van der Waals surface area contributed by atoms with Crippen LogP contribution in [0.15, 0.2) is 29.4 Å². The lowest BCUT2D eigenvalue weighted by molar-refractivity contribution is -0.164. The number of hydrogen-bond acceptors (Lipinski definition) is 11. The molecule has 0 aliphatic carbocycles. The molecular weight excluding hydrogens is 479 g/mol. The van der Waals surface area contributed by atoms with Gasteiger partial charge in [-0.1, -0.05) is 11.8 Å². The number of aromatic nitrogens is 2. The number of nitrogens with one attached hydrogen (secondary N) is 1. The largest absolute Gasteiger partial charge is 0.494 e. The normalized spacial score (nSPS) is 25.0. The maximum atomic E-state index is 13.5. The van der Waals surface area contributed by atoms with Crippen LogP contribution < -0.4 is 15.8 Å². The van der Waals surface area contributed by atoms with Crippen LogP contribution in [-0.2, 0) is 4.74 Å². The zero-order valence-electron chi connectivity index (χ0n) is 17.5. The van der Waals surface area contributed by atoms with Crippen molar-refractivity contribution in [2.45, 2.75) is 34.8 Å². The molecule has 10 nitrogen and oxygen atoms in total. The number of nitrogens with two attached hydrogens (primary N) is 1. The second kappa shape index (κ2) is 10.9. The lowest BCUT2D eigenvalue weighted by atomic mass is 9.97. The zero-order valence-corrected chi connectivity index (χ0v) is 18.3. The average molecular weight is 499 g/mol. The first-order chi connectivity index (χ1) is 16.2. The van der Waals surface area contributed by atoms with Gasteiger partial charge in [-0.2, -0.15) is 5.26 Å². The predicted molar refractivity (Wildman–Crippen MR) is 112 cm³/mol. The highest BCUT2D eigenvalue weighted by molar-refractivity contribution is 7.99. The Morgan fingerprint density at radius 1 is 1.26 bits per heavy atom. The van der Waals surface area contributed by atoms with Gasteiger partial charge in [0.1, 0.15) is 34.8 Å². The molecule has 34 heavy (non-hydrogen) atoms. The van der Waals surface area contributed by atoms with Gasteiger partial charge in [-0.15, -0.1) is 10.2 Å². The van der Waals surface area contributed by atoms with Crippen LogP contribution in [0, 0.1) is 28.8 Å². The van der Waals surface area contributed by atoms with Gasteiger partial charge in [-0.25, -0.2) is 13.2 Å². The summed E-state index contributed by atoms with van der Waals surface area (Å²) >= 11 is 0.892. The molecule has 6 N–H and O–H groups in total. The summed E-state index contributed by atoms with van der Waals surface area (Å²) in [6.45, 7) is -0.598. The summed E-state index contributed by atoms with van der Waals surface area (Å²) in [5.74, 6) is -4.37. The van der Waals surface area contributed by atoms with Crippen molar-refractivity contribution in [2.24, 2.45) is 5.73 Å². The highest BCUT2D eigenvalue weighted by atomic mass is 32.2. The Morgan fingerprint density at radius 2 is 1.94 bits per heavy atom. The van der Waals surface area contributed by atoms with Crippen LogP contribution >= 0.6 is 11.8 Å². The van der Waals surface area contributed by atoms with E-state index in [1.165, 1.54) is 13.2 Å². The number of ether oxygens (including phenoxy) is 2. The highest BCUT2D eigenvalue weighted by Crippen LogP contribution is 2.34. The number of hydrogen-bond donors (Lipinski definition) is 5. The van der Waals surface area contributed by atoms with E-state index in [1.54, 1.807) is 0 Å². The van der Waals surface area contributed by atoms with Crippen LogP contribution in [0.5, 0.6) is 5.75 Å². The molecule has 1 saturated heterocycles. The monoisotopic (exact) mass is 499 g/mol. The Bertz CT molecular complexity index is 1100. The smallest absolute Gasteiger partial charge is 0.204 e. The average Bonchev–Trinajstić information content (AvgIpc) is 2.83. The molecule has 5 atom stereocenters. The fourth-order valence-electron chi connectivity index (χ4n) is 3.14. The molecule has 3 rings (SSSR count). The van der Waals surface area contributed by atoms with Crippen molar-refractivity contribution in [3.8, 4) is 11.8 Å². The van der Waals surface area contributed by atoms with Crippen molar-refractivity contribution in [1.29, 1.82) is 5.26 Å². The van der Waals surface area contributed by atoms with Crippen LogP contribution in [0.25, 0.3) is 5.70 Å². The van der Waals surface area contributed by atoms with Gasteiger partial charge in [0.25, 0.3) is 0 Å². The Hall–Kier alpha value is -3.09. The minimum absolute atomic E-state index is 0.0468. The van der Waals surface area contributed by atoms with E-state index >= 15 is 0 Å². The van der Waals surface area contributed by atoms with Gasteiger partial charge in [0, 0.05) is 17.8 Å². The first kappa shape index (κ1) is 25.5. The number of nitriles is 1. The summed E-state index contributed by atoms with van der Waals surface area (Å²) in [7, 11) is 1.34. The topological polar surface area (TPSA) is 167 Å². The number of aliphatic hydroxyl groups excluding tert-OH is 3. The standard InChI is InChI=1S/C20H20F3N5O5S/c1-32-13-4-15(28-27-12(13)5-24)34-20-19(31)17(18(30)14(7-29)33-20)26-6-11(25)8-2-9(21)16(23)10(22)3-8/h2-4,6,14,17-20,26,29-31H,7,25H2,1H3/b11-6-. The summed E-state index contributed by atoms with van der Waals surface area (Å²) in [6, 6.07) is 3.45. The van der Waals surface area contributed by atoms with Crippen LogP contribution in [0.1, 0.15) is 11.3 Å². The Balaban J connectivity index is 1.81. The highest BCUT2D eigenvalue weighted by Gasteiger charge is 2.44. The molecule has 5 unspecified atom stereocenters. The molecule has 0 radical (unpaired) electrons. The second-order valence-corrected chi connectivity index (χ2v) is 8.20. The number of halogens is 3. The Kier molecular flexibility index (Phi) is 8.18. The number of methoxy groups -OCH3 is 1.